The Morgan fingerprint density at radius 2 is 2.19 bits per heavy atom. The molecular weight excluding hydrogens is 204 g/mol. The molecule has 3 nitrogen and oxygen atoms in total. The summed E-state index contributed by atoms with van der Waals surface area (Å²) in [5.41, 5.74) is 2.47. The Hall–Kier alpha value is -0.830. The molecule has 0 aromatic carbocycles. The molecule has 1 heterocycles. The third kappa shape index (κ3) is 1.21. The van der Waals surface area contributed by atoms with Crippen molar-refractivity contribution in [1.82, 2.24) is 0 Å². The van der Waals surface area contributed by atoms with Crippen LogP contribution in [0.25, 0.3) is 0 Å². The lowest BCUT2D eigenvalue weighted by molar-refractivity contribution is -0.140. The average molecular weight is 222 g/mol. The summed E-state index contributed by atoms with van der Waals surface area (Å²) in [5, 5.41) is 10.3. The summed E-state index contributed by atoms with van der Waals surface area (Å²) in [5.74, 6) is -0.156. The van der Waals surface area contributed by atoms with Crippen LogP contribution in [0.3, 0.4) is 0 Å². The third-order valence-corrected chi connectivity index (χ3v) is 4.42. The topological polar surface area (TPSA) is 46.5 Å². The molecule has 1 aliphatic heterocycles. The summed E-state index contributed by atoms with van der Waals surface area (Å²) in [7, 11) is 0. The van der Waals surface area contributed by atoms with Gasteiger partial charge in [0, 0.05) is 5.92 Å². The zero-order valence-electron chi connectivity index (χ0n) is 9.82. The van der Waals surface area contributed by atoms with Gasteiger partial charge in [-0.15, -0.1) is 0 Å². The largest absolute Gasteiger partial charge is 0.457 e. The minimum Gasteiger partial charge on any atom is -0.457 e. The van der Waals surface area contributed by atoms with Gasteiger partial charge in [-0.2, -0.15) is 0 Å². The van der Waals surface area contributed by atoms with Gasteiger partial charge in [0.1, 0.15) is 6.10 Å². The Kier molecular flexibility index (Phi) is 2.00. The number of carbonyl (C=O) groups excluding carboxylic acids is 1. The van der Waals surface area contributed by atoms with Gasteiger partial charge in [-0.3, -0.25) is 4.79 Å². The molecule has 0 saturated carbocycles. The van der Waals surface area contributed by atoms with Crippen LogP contribution in [0.4, 0.5) is 0 Å². The molecule has 0 spiro atoms. The maximum Gasteiger partial charge on any atom is 0.306 e. The highest BCUT2D eigenvalue weighted by atomic mass is 16.6. The standard InChI is InChI=1S/C13H18O3/c1-13(2)5-3-4-7-10(13)12-8(11(7)15)6-9(14)16-12/h8,11-12,15H,3-6H2,1-2H3. The number of ether oxygens (including phenoxy) is 1. The molecule has 0 aromatic rings. The number of aliphatic hydroxyl groups is 1. The first kappa shape index (κ1) is 10.3. The molecule has 3 heteroatoms. The van der Waals surface area contributed by atoms with Crippen LogP contribution in [0.1, 0.15) is 39.5 Å². The zero-order chi connectivity index (χ0) is 11.5. The second-order valence-corrected chi connectivity index (χ2v) is 5.90. The van der Waals surface area contributed by atoms with Crippen molar-refractivity contribution in [1.29, 1.82) is 0 Å². The fraction of sp³-hybridized carbons (Fsp3) is 0.769. The predicted molar refractivity (Wildman–Crippen MR) is 58.7 cm³/mol. The summed E-state index contributed by atoms with van der Waals surface area (Å²) in [6, 6.07) is 0. The number of fused-ring (bicyclic) bond motifs is 2. The lowest BCUT2D eigenvalue weighted by Gasteiger charge is -2.34. The zero-order valence-corrected chi connectivity index (χ0v) is 9.82. The summed E-state index contributed by atoms with van der Waals surface area (Å²) < 4.78 is 5.40. The van der Waals surface area contributed by atoms with Crippen molar-refractivity contribution in [3.63, 3.8) is 0 Å². The molecule has 2 aliphatic carbocycles. The Labute approximate surface area is 95.5 Å². The van der Waals surface area contributed by atoms with E-state index in [1.54, 1.807) is 0 Å². The summed E-state index contributed by atoms with van der Waals surface area (Å²) in [6.45, 7) is 4.39. The maximum atomic E-state index is 11.3. The quantitative estimate of drug-likeness (QED) is 0.502. The van der Waals surface area contributed by atoms with Crippen LogP contribution in [-0.4, -0.2) is 23.3 Å². The van der Waals surface area contributed by atoms with E-state index in [1.165, 1.54) is 11.1 Å². The molecular formula is C13H18O3. The molecule has 0 amide bonds. The van der Waals surface area contributed by atoms with Gasteiger partial charge < -0.3 is 9.84 Å². The van der Waals surface area contributed by atoms with E-state index in [9.17, 15) is 9.90 Å². The van der Waals surface area contributed by atoms with Crippen molar-refractivity contribution in [2.75, 3.05) is 0 Å². The lowest BCUT2D eigenvalue weighted by Crippen LogP contribution is -2.27. The van der Waals surface area contributed by atoms with E-state index in [4.69, 9.17) is 4.74 Å². The van der Waals surface area contributed by atoms with Crippen LogP contribution in [0.2, 0.25) is 0 Å². The van der Waals surface area contributed by atoms with Crippen LogP contribution in [0.15, 0.2) is 11.1 Å². The van der Waals surface area contributed by atoms with Crippen LogP contribution in [0, 0.1) is 11.3 Å². The fourth-order valence-electron chi connectivity index (χ4n) is 3.69. The van der Waals surface area contributed by atoms with Crippen molar-refractivity contribution in [2.45, 2.75) is 51.7 Å². The van der Waals surface area contributed by atoms with Crippen molar-refractivity contribution in [3.05, 3.63) is 11.1 Å². The number of rotatable bonds is 0. The summed E-state index contributed by atoms with van der Waals surface area (Å²) >= 11 is 0. The van der Waals surface area contributed by atoms with E-state index in [-0.39, 0.29) is 23.4 Å². The number of aliphatic hydroxyl groups excluding tert-OH is 1. The van der Waals surface area contributed by atoms with Gasteiger partial charge >= 0.3 is 5.97 Å². The minimum atomic E-state index is -0.439. The smallest absolute Gasteiger partial charge is 0.306 e. The highest BCUT2D eigenvalue weighted by Crippen LogP contribution is 2.53. The molecule has 3 atom stereocenters. The van der Waals surface area contributed by atoms with Crippen LogP contribution in [0.5, 0.6) is 0 Å². The van der Waals surface area contributed by atoms with Gasteiger partial charge in [-0.05, 0) is 35.8 Å². The Bertz CT molecular complexity index is 381. The molecule has 0 aromatic heterocycles. The molecule has 3 unspecified atom stereocenters. The average Bonchev–Trinajstić information content (AvgIpc) is 2.66. The monoisotopic (exact) mass is 222 g/mol. The third-order valence-electron chi connectivity index (χ3n) is 4.42. The Balaban J connectivity index is 2.05. The van der Waals surface area contributed by atoms with Crippen molar-refractivity contribution >= 4 is 5.97 Å². The maximum absolute atomic E-state index is 11.3. The van der Waals surface area contributed by atoms with Crippen LogP contribution < -0.4 is 0 Å². The lowest BCUT2D eigenvalue weighted by atomic mass is 9.72. The van der Waals surface area contributed by atoms with Gasteiger partial charge in [-0.25, -0.2) is 0 Å². The van der Waals surface area contributed by atoms with Gasteiger partial charge in [0.2, 0.25) is 0 Å². The SMILES string of the molecule is CC1(C)CCCC2=C1C1OC(=O)CC1C2O. The van der Waals surface area contributed by atoms with Crippen molar-refractivity contribution < 1.29 is 14.6 Å². The predicted octanol–water partition coefficient (Wildman–Crippen LogP) is 1.80. The molecule has 3 aliphatic rings. The minimum absolute atomic E-state index is 0.00475. The number of hydrogen-bond donors (Lipinski definition) is 1. The second kappa shape index (κ2) is 3.10. The Morgan fingerprint density at radius 3 is 2.94 bits per heavy atom. The first-order chi connectivity index (χ1) is 7.50. The van der Waals surface area contributed by atoms with E-state index >= 15 is 0 Å². The molecule has 3 rings (SSSR count). The number of hydrogen-bond acceptors (Lipinski definition) is 3. The molecule has 0 bridgehead atoms. The Morgan fingerprint density at radius 1 is 1.44 bits per heavy atom. The van der Waals surface area contributed by atoms with Gasteiger partial charge in [0.15, 0.2) is 0 Å². The van der Waals surface area contributed by atoms with E-state index < -0.39 is 6.10 Å². The molecule has 1 N–H and O–H groups in total. The molecule has 88 valence electrons. The van der Waals surface area contributed by atoms with Crippen molar-refractivity contribution in [2.24, 2.45) is 11.3 Å². The highest BCUT2D eigenvalue weighted by molar-refractivity contribution is 5.74. The number of carbonyl (C=O) groups is 1. The molecule has 1 saturated heterocycles. The summed E-state index contributed by atoms with van der Waals surface area (Å²) in [4.78, 5) is 11.3. The first-order valence-electron chi connectivity index (χ1n) is 6.12. The molecule has 1 fully saturated rings. The van der Waals surface area contributed by atoms with Crippen molar-refractivity contribution in [3.8, 4) is 0 Å². The van der Waals surface area contributed by atoms with Gasteiger partial charge in [0.25, 0.3) is 0 Å². The van der Waals surface area contributed by atoms with Crippen LogP contribution >= 0.6 is 0 Å². The highest BCUT2D eigenvalue weighted by Gasteiger charge is 2.53. The van der Waals surface area contributed by atoms with E-state index in [1.807, 2.05) is 0 Å². The van der Waals surface area contributed by atoms with E-state index in [0.29, 0.717) is 6.42 Å². The summed E-state index contributed by atoms with van der Waals surface area (Å²) in [6.07, 6.45) is 3.05. The second-order valence-electron chi connectivity index (χ2n) is 5.90. The van der Waals surface area contributed by atoms with Crippen LogP contribution in [-0.2, 0) is 9.53 Å². The van der Waals surface area contributed by atoms with Gasteiger partial charge in [-0.1, -0.05) is 13.8 Å². The fourth-order valence-corrected chi connectivity index (χ4v) is 3.69. The van der Waals surface area contributed by atoms with E-state index in [0.717, 1.165) is 19.3 Å². The molecule has 16 heavy (non-hydrogen) atoms. The van der Waals surface area contributed by atoms with Gasteiger partial charge in [0.05, 0.1) is 12.5 Å². The van der Waals surface area contributed by atoms with E-state index in [2.05, 4.69) is 13.8 Å². The molecule has 0 radical (unpaired) electrons. The number of esters is 1. The first-order valence-corrected chi connectivity index (χ1v) is 6.12. The normalized spacial score (nSPS) is 40.7.